The Morgan fingerprint density at radius 3 is 2.86 bits per heavy atom. The van der Waals surface area contributed by atoms with E-state index in [0.29, 0.717) is 0 Å². The molecule has 2 heteroatoms. The van der Waals surface area contributed by atoms with E-state index in [1.165, 1.54) is 0 Å². The van der Waals surface area contributed by atoms with Crippen LogP contribution in [0.15, 0.2) is 49.4 Å². The molecular formula is C12H14N2. The predicted octanol–water partition coefficient (Wildman–Crippen LogP) is 3.13. The van der Waals surface area contributed by atoms with Gasteiger partial charge < -0.3 is 0 Å². The molecule has 0 spiro atoms. The predicted molar refractivity (Wildman–Crippen MR) is 61.6 cm³/mol. The molecule has 0 aromatic carbocycles. The van der Waals surface area contributed by atoms with Gasteiger partial charge in [-0.1, -0.05) is 37.0 Å². The van der Waals surface area contributed by atoms with E-state index in [-0.39, 0.29) is 0 Å². The Balaban J connectivity index is 2.68. The fourth-order valence-corrected chi connectivity index (χ4v) is 0.891. The molecule has 2 nitrogen and oxygen atoms in total. The first-order valence-electron chi connectivity index (χ1n) is 4.40. The molecule has 0 atom stereocenters. The zero-order chi connectivity index (χ0) is 10.4. The summed E-state index contributed by atoms with van der Waals surface area (Å²) < 4.78 is 1.74. The molecule has 0 bridgehead atoms. The van der Waals surface area contributed by atoms with Crippen molar-refractivity contribution in [1.29, 1.82) is 0 Å². The van der Waals surface area contributed by atoms with Crippen LogP contribution in [0.3, 0.4) is 0 Å². The van der Waals surface area contributed by atoms with Crippen LogP contribution in [0.4, 0.5) is 0 Å². The van der Waals surface area contributed by atoms with Crippen LogP contribution in [0.1, 0.15) is 12.5 Å². The van der Waals surface area contributed by atoms with Gasteiger partial charge in [-0.05, 0) is 13.0 Å². The van der Waals surface area contributed by atoms with E-state index in [1.54, 1.807) is 17.0 Å². The second kappa shape index (κ2) is 5.02. The quantitative estimate of drug-likeness (QED) is 0.660. The maximum atomic E-state index is 4.11. The summed E-state index contributed by atoms with van der Waals surface area (Å²) in [6.07, 6.45) is 13.0. The normalized spacial score (nSPS) is 11.9. The van der Waals surface area contributed by atoms with Crippen LogP contribution < -0.4 is 0 Å². The molecule has 1 rings (SSSR count). The molecule has 0 amide bonds. The molecule has 0 fully saturated rings. The summed E-state index contributed by atoms with van der Waals surface area (Å²) in [4.78, 5) is 0. The smallest absolute Gasteiger partial charge is 0.0566 e. The van der Waals surface area contributed by atoms with Gasteiger partial charge >= 0.3 is 0 Å². The van der Waals surface area contributed by atoms with Gasteiger partial charge in [0.25, 0.3) is 0 Å². The Bertz CT molecular complexity index is 381. The lowest BCUT2D eigenvalue weighted by Crippen LogP contribution is -1.83. The fourth-order valence-electron chi connectivity index (χ4n) is 0.891. The Hall–Kier alpha value is -1.83. The highest BCUT2D eigenvalue weighted by molar-refractivity contribution is 5.45. The molecule has 72 valence electrons. The van der Waals surface area contributed by atoms with E-state index < -0.39 is 0 Å². The van der Waals surface area contributed by atoms with Crippen molar-refractivity contribution in [2.24, 2.45) is 0 Å². The van der Waals surface area contributed by atoms with E-state index in [9.17, 15) is 0 Å². The molecule has 0 saturated heterocycles. The van der Waals surface area contributed by atoms with Crippen molar-refractivity contribution in [1.82, 2.24) is 9.78 Å². The van der Waals surface area contributed by atoms with E-state index in [2.05, 4.69) is 18.3 Å². The molecule has 1 aromatic rings. The van der Waals surface area contributed by atoms with Gasteiger partial charge in [-0.25, -0.2) is 4.68 Å². The van der Waals surface area contributed by atoms with Crippen molar-refractivity contribution >= 4 is 12.3 Å². The zero-order valence-corrected chi connectivity index (χ0v) is 8.35. The highest BCUT2D eigenvalue weighted by Gasteiger charge is 1.88. The second-order valence-electron chi connectivity index (χ2n) is 2.91. The van der Waals surface area contributed by atoms with E-state index in [1.807, 2.05) is 37.5 Å². The SMILES string of the molecule is C=C/C(C)=C\C=C\n1cc(C=C)cn1. The summed E-state index contributed by atoms with van der Waals surface area (Å²) in [5.74, 6) is 0. The van der Waals surface area contributed by atoms with Gasteiger partial charge in [0.15, 0.2) is 0 Å². The molecular weight excluding hydrogens is 172 g/mol. The summed E-state index contributed by atoms with van der Waals surface area (Å²) in [5, 5.41) is 4.11. The van der Waals surface area contributed by atoms with Gasteiger partial charge in [-0.2, -0.15) is 5.10 Å². The van der Waals surface area contributed by atoms with Crippen LogP contribution in [0, 0.1) is 0 Å². The highest BCUT2D eigenvalue weighted by Crippen LogP contribution is 2.00. The number of nitrogens with zero attached hydrogens (tertiary/aromatic N) is 2. The van der Waals surface area contributed by atoms with Gasteiger partial charge in [0.05, 0.1) is 6.20 Å². The van der Waals surface area contributed by atoms with Gasteiger partial charge in [0, 0.05) is 18.0 Å². The Morgan fingerprint density at radius 2 is 2.29 bits per heavy atom. The minimum atomic E-state index is 1.01. The van der Waals surface area contributed by atoms with Crippen LogP contribution in [0.25, 0.3) is 12.3 Å². The molecule has 0 radical (unpaired) electrons. The molecule has 14 heavy (non-hydrogen) atoms. The lowest BCUT2D eigenvalue weighted by atomic mass is 10.3. The third kappa shape index (κ3) is 2.90. The lowest BCUT2D eigenvalue weighted by Gasteiger charge is -1.88. The van der Waals surface area contributed by atoms with Crippen molar-refractivity contribution in [3.63, 3.8) is 0 Å². The molecule has 1 aromatic heterocycles. The summed E-state index contributed by atoms with van der Waals surface area (Å²) in [5.41, 5.74) is 2.14. The first kappa shape index (κ1) is 10.3. The van der Waals surface area contributed by atoms with Crippen molar-refractivity contribution < 1.29 is 0 Å². The molecule has 0 unspecified atom stereocenters. The second-order valence-corrected chi connectivity index (χ2v) is 2.91. The zero-order valence-electron chi connectivity index (χ0n) is 8.35. The van der Waals surface area contributed by atoms with Crippen LogP contribution in [-0.2, 0) is 0 Å². The molecule has 1 heterocycles. The minimum absolute atomic E-state index is 1.01. The number of aromatic nitrogens is 2. The van der Waals surface area contributed by atoms with Crippen LogP contribution in [0.5, 0.6) is 0 Å². The summed E-state index contributed by atoms with van der Waals surface area (Å²) in [6.45, 7) is 9.32. The Labute approximate surface area is 84.6 Å². The van der Waals surface area contributed by atoms with Gasteiger partial charge in [-0.15, -0.1) is 0 Å². The summed E-state index contributed by atoms with van der Waals surface area (Å²) >= 11 is 0. The topological polar surface area (TPSA) is 17.8 Å². The Morgan fingerprint density at radius 1 is 1.50 bits per heavy atom. The fraction of sp³-hybridized carbons (Fsp3) is 0.0833. The number of hydrogen-bond donors (Lipinski definition) is 0. The van der Waals surface area contributed by atoms with E-state index >= 15 is 0 Å². The van der Waals surface area contributed by atoms with Crippen molar-refractivity contribution in [3.05, 3.63) is 54.9 Å². The standard InChI is InChI=1S/C12H14N2/c1-4-11(3)7-6-8-14-10-12(5-2)9-13-14/h4-10H,1-2H2,3H3/b8-6+,11-7-. The maximum absolute atomic E-state index is 4.11. The molecule has 0 aliphatic carbocycles. The maximum Gasteiger partial charge on any atom is 0.0566 e. The average Bonchev–Trinajstić information content (AvgIpc) is 2.65. The molecule has 0 saturated carbocycles. The van der Waals surface area contributed by atoms with Crippen molar-refractivity contribution in [2.75, 3.05) is 0 Å². The number of hydrogen-bond acceptors (Lipinski definition) is 1. The summed E-state index contributed by atoms with van der Waals surface area (Å²) in [7, 11) is 0. The summed E-state index contributed by atoms with van der Waals surface area (Å²) in [6, 6.07) is 0. The lowest BCUT2D eigenvalue weighted by molar-refractivity contribution is 0.935. The third-order valence-electron chi connectivity index (χ3n) is 1.78. The largest absolute Gasteiger partial charge is 0.248 e. The van der Waals surface area contributed by atoms with Crippen molar-refractivity contribution in [3.8, 4) is 0 Å². The number of allylic oxidation sites excluding steroid dienone is 4. The van der Waals surface area contributed by atoms with Crippen LogP contribution in [0.2, 0.25) is 0 Å². The van der Waals surface area contributed by atoms with Gasteiger partial charge in [-0.3, -0.25) is 0 Å². The van der Waals surface area contributed by atoms with E-state index in [0.717, 1.165) is 11.1 Å². The molecule has 0 aliphatic heterocycles. The molecule has 0 aliphatic rings. The average molecular weight is 186 g/mol. The van der Waals surface area contributed by atoms with Gasteiger partial charge in [0.1, 0.15) is 0 Å². The van der Waals surface area contributed by atoms with Crippen LogP contribution in [-0.4, -0.2) is 9.78 Å². The first-order valence-corrected chi connectivity index (χ1v) is 4.40. The highest BCUT2D eigenvalue weighted by atomic mass is 15.2. The van der Waals surface area contributed by atoms with Crippen LogP contribution >= 0.6 is 0 Å². The third-order valence-corrected chi connectivity index (χ3v) is 1.78. The van der Waals surface area contributed by atoms with Crippen molar-refractivity contribution in [2.45, 2.75) is 6.92 Å². The minimum Gasteiger partial charge on any atom is -0.248 e. The molecule has 0 N–H and O–H groups in total. The first-order chi connectivity index (χ1) is 6.76. The monoisotopic (exact) mass is 186 g/mol. The van der Waals surface area contributed by atoms with E-state index in [4.69, 9.17) is 0 Å². The number of rotatable bonds is 4. The Kier molecular flexibility index (Phi) is 3.68. The van der Waals surface area contributed by atoms with Gasteiger partial charge in [0.2, 0.25) is 0 Å².